The highest BCUT2D eigenvalue weighted by atomic mass is 16.3. The third-order valence-corrected chi connectivity index (χ3v) is 9.17. The number of hydrogen-bond donors (Lipinski definition) is 0. The van der Waals surface area contributed by atoms with Crippen LogP contribution in [0.4, 0.5) is 0 Å². The second kappa shape index (κ2) is 5.54. The van der Waals surface area contributed by atoms with Gasteiger partial charge in [-0.05, 0) is 91.5 Å². The van der Waals surface area contributed by atoms with Gasteiger partial charge in [0.25, 0.3) is 0 Å². The number of fused-ring (bicyclic) bond motifs is 7. The van der Waals surface area contributed by atoms with E-state index in [9.17, 15) is 0 Å². The molecule has 154 valence electrons. The first kappa shape index (κ1) is 16.9. The molecule has 0 unspecified atom stereocenters. The van der Waals surface area contributed by atoms with Gasteiger partial charge in [-0.1, -0.05) is 30.3 Å². The Morgan fingerprint density at radius 2 is 1.48 bits per heavy atom. The van der Waals surface area contributed by atoms with Crippen LogP contribution < -0.4 is 0 Å². The fourth-order valence-electron chi connectivity index (χ4n) is 8.26. The normalized spacial score (nSPS) is 29.8. The Hall–Kier alpha value is -2.74. The first-order chi connectivity index (χ1) is 15.2. The van der Waals surface area contributed by atoms with Crippen LogP contribution in [0.5, 0.6) is 0 Å². The summed E-state index contributed by atoms with van der Waals surface area (Å²) < 4.78 is 8.79. The van der Waals surface area contributed by atoms with Gasteiger partial charge in [0, 0.05) is 28.7 Å². The Labute approximate surface area is 181 Å². The topological polar surface area (TPSA) is 18.1 Å². The predicted molar refractivity (Wildman–Crippen MR) is 128 cm³/mol. The summed E-state index contributed by atoms with van der Waals surface area (Å²) in [6.45, 7) is 0. The van der Waals surface area contributed by atoms with Crippen LogP contribution in [0.3, 0.4) is 0 Å². The summed E-state index contributed by atoms with van der Waals surface area (Å²) in [7, 11) is 2.22. The van der Waals surface area contributed by atoms with Crippen LogP contribution in [0.1, 0.15) is 44.1 Å². The van der Waals surface area contributed by atoms with E-state index in [0.717, 1.165) is 28.9 Å². The van der Waals surface area contributed by atoms with E-state index >= 15 is 0 Å². The van der Waals surface area contributed by atoms with E-state index in [0.29, 0.717) is 5.41 Å². The fourth-order valence-corrected chi connectivity index (χ4v) is 8.26. The van der Waals surface area contributed by atoms with Gasteiger partial charge in [-0.25, -0.2) is 0 Å². The maximum absolute atomic E-state index is 6.40. The number of aryl methyl sites for hydroxylation is 1. The number of hydrogen-bond acceptors (Lipinski definition) is 1. The van der Waals surface area contributed by atoms with E-state index in [4.69, 9.17) is 4.42 Å². The summed E-state index contributed by atoms with van der Waals surface area (Å²) in [6, 6.07) is 20.3. The van der Waals surface area contributed by atoms with Crippen LogP contribution in [0.25, 0.3) is 43.7 Å². The molecule has 4 aliphatic rings. The number of aromatic nitrogens is 1. The highest BCUT2D eigenvalue weighted by molar-refractivity contribution is 6.23. The monoisotopic (exact) mass is 405 g/mol. The minimum atomic E-state index is 0.439. The third kappa shape index (κ3) is 2.09. The standard InChI is InChI=1S/C29H27NO/c1-30-24-9-8-22-21-4-2-3-5-26(21)31-28(22)27(24)23-7-6-20(13-25(23)30)29-14-17-10-18(15-29)12-19(11-17)16-29/h2-9,13,17-19H,10-12,14-16H2,1H3. The lowest BCUT2D eigenvalue weighted by Gasteiger charge is -2.57. The van der Waals surface area contributed by atoms with Crippen molar-refractivity contribution in [1.82, 2.24) is 4.57 Å². The van der Waals surface area contributed by atoms with Crippen LogP contribution in [-0.2, 0) is 12.5 Å². The predicted octanol–water partition coefficient (Wildman–Crippen LogP) is 7.70. The van der Waals surface area contributed by atoms with Gasteiger partial charge in [0.2, 0.25) is 0 Å². The van der Waals surface area contributed by atoms with Crippen LogP contribution in [0, 0.1) is 17.8 Å². The summed E-state index contributed by atoms with van der Waals surface area (Å²) in [5.41, 5.74) is 6.68. The van der Waals surface area contributed by atoms with Crippen LogP contribution in [0.2, 0.25) is 0 Å². The first-order valence-electron chi connectivity index (χ1n) is 12.0. The van der Waals surface area contributed by atoms with Crippen LogP contribution in [-0.4, -0.2) is 4.57 Å². The van der Waals surface area contributed by atoms with Crippen molar-refractivity contribution in [2.45, 2.75) is 43.9 Å². The van der Waals surface area contributed by atoms with E-state index in [1.807, 2.05) is 0 Å². The minimum Gasteiger partial charge on any atom is -0.455 e. The lowest BCUT2D eigenvalue weighted by molar-refractivity contribution is -0.00513. The molecular weight excluding hydrogens is 378 g/mol. The zero-order valence-corrected chi connectivity index (χ0v) is 18.0. The van der Waals surface area contributed by atoms with Gasteiger partial charge in [0.1, 0.15) is 11.2 Å². The highest BCUT2D eigenvalue weighted by Crippen LogP contribution is 2.61. The third-order valence-electron chi connectivity index (χ3n) is 9.17. The van der Waals surface area contributed by atoms with Gasteiger partial charge in [-0.15, -0.1) is 0 Å². The summed E-state index contributed by atoms with van der Waals surface area (Å²) in [6.07, 6.45) is 8.76. The maximum atomic E-state index is 6.40. The van der Waals surface area contributed by atoms with Crippen molar-refractivity contribution in [2.24, 2.45) is 24.8 Å². The quantitative estimate of drug-likeness (QED) is 0.279. The van der Waals surface area contributed by atoms with E-state index in [1.54, 1.807) is 5.56 Å². The molecule has 31 heavy (non-hydrogen) atoms. The molecule has 2 aromatic heterocycles. The SMILES string of the molecule is Cn1c2cc(C34CC5CC(CC(C5)C3)C4)ccc2c2c3oc4ccccc4c3ccc21. The molecule has 4 bridgehead atoms. The molecule has 0 radical (unpaired) electrons. The van der Waals surface area contributed by atoms with Gasteiger partial charge in [0.15, 0.2) is 0 Å². The van der Waals surface area contributed by atoms with Crippen LogP contribution in [0.15, 0.2) is 59.0 Å². The Morgan fingerprint density at radius 1 is 0.774 bits per heavy atom. The van der Waals surface area contributed by atoms with Crippen LogP contribution >= 0.6 is 0 Å². The summed E-state index contributed by atoms with van der Waals surface area (Å²) in [4.78, 5) is 0. The number of benzene rings is 3. The molecule has 5 aromatic rings. The van der Waals surface area contributed by atoms with Crippen molar-refractivity contribution < 1.29 is 4.42 Å². The number of nitrogens with zero attached hydrogens (tertiary/aromatic N) is 1. The molecule has 4 fully saturated rings. The molecule has 3 aromatic carbocycles. The largest absolute Gasteiger partial charge is 0.455 e. The summed E-state index contributed by atoms with van der Waals surface area (Å²) >= 11 is 0. The summed E-state index contributed by atoms with van der Waals surface area (Å²) in [5.74, 6) is 2.93. The molecule has 9 rings (SSSR count). The molecule has 2 heterocycles. The summed E-state index contributed by atoms with van der Waals surface area (Å²) in [5, 5.41) is 5.03. The highest BCUT2D eigenvalue weighted by Gasteiger charge is 2.51. The lowest BCUT2D eigenvalue weighted by atomic mass is 9.48. The number of rotatable bonds is 1. The van der Waals surface area contributed by atoms with Crippen molar-refractivity contribution in [3.8, 4) is 0 Å². The van der Waals surface area contributed by atoms with E-state index < -0.39 is 0 Å². The second-order valence-corrected chi connectivity index (χ2v) is 10.9. The van der Waals surface area contributed by atoms with E-state index in [1.165, 1.54) is 71.1 Å². The molecule has 0 saturated heterocycles. The molecule has 2 heteroatoms. The van der Waals surface area contributed by atoms with Crippen molar-refractivity contribution >= 4 is 43.7 Å². The molecule has 0 amide bonds. The Balaban J connectivity index is 1.39. The second-order valence-electron chi connectivity index (χ2n) is 10.9. The first-order valence-corrected chi connectivity index (χ1v) is 12.0. The smallest absolute Gasteiger partial charge is 0.145 e. The molecule has 4 aliphatic carbocycles. The van der Waals surface area contributed by atoms with Gasteiger partial charge in [-0.2, -0.15) is 0 Å². The minimum absolute atomic E-state index is 0.439. The molecule has 4 saturated carbocycles. The Morgan fingerprint density at radius 3 is 2.26 bits per heavy atom. The van der Waals surface area contributed by atoms with E-state index in [2.05, 4.69) is 66.2 Å². The fraction of sp³-hybridized carbons (Fsp3) is 0.379. The van der Waals surface area contributed by atoms with E-state index in [-0.39, 0.29) is 0 Å². The molecule has 0 N–H and O–H groups in total. The molecule has 0 atom stereocenters. The van der Waals surface area contributed by atoms with Crippen molar-refractivity contribution in [3.63, 3.8) is 0 Å². The van der Waals surface area contributed by atoms with Crippen molar-refractivity contribution in [1.29, 1.82) is 0 Å². The maximum Gasteiger partial charge on any atom is 0.145 e. The van der Waals surface area contributed by atoms with Crippen molar-refractivity contribution in [3.05, 3.63) is 60.2 Å². The average molecular weight is 406 g/mol. The molecule has 0 spiro atoms. The van der Waals surface area contributed by atoms with Crippen molar-refractivity contribution in [2.75, 3.05) is 0 Å². The molecular formula is C29H27NO. The lowest BCUT2D eigenvalue weighted by Crippen LogP contribution is -2.48. The molecule has 2 nitrogen and oxygen atoms in total. The number of furan rings is 1. The zero-order chi connectivity index (χ0) is 20.3. The van der Waals surface area contributed by atoms with Gasteiger partial charge in [-0.3, -0.25) is 0 Å². The molecule has 0 aliphatic heterocycles. The average Bonchev–Trinajstić information content (AvgIpc) is 3.28. The number of para-hydroxylation sites is 1. The Bertz CT molecular complexity index is 1500. The zero-order valence-electron chi connectivity index (χ0n) is 18.0. The van der Waals surface area contributed by atoms with Gasteiger partial charge >= 0.3 is 0 Å². The Kier molecular flexibility index (Phi) is 3.02. The van der Waals surface area contributed by atoms with Gasteiger partial charge in [0.05, 0.1) is 10.9 Å². The van der Waals surface area contributed by atoms with Gasteiger partial charge < -0.3 is 8.98 Å².